The van der Waals surface area contributed by atoms with Crippen molar-refractivity contribution >= 4 is 6.03 Å². The molecule has 1 saturated heterocycles. The van der Waals surface area contributed by atoms with E-state index in [0.717, 1.165) is 0 Å². The third-order valence-corrected chi connectivity index (χ3v) is 1.21. The van der Waals surface area contributed by atoms with Gasteiger partial charge >= 0.3 is 6.03 Å². The van der Waals surface area contributed by atoms with Crippen LogP contribution in [0, 0.1) is 0 Å². The van der Waals surface area contributed by atoms with Gasteiger partial charge in [-0.05, 0) is 11.1 Å². The molecular weight excluding hydrogens is 164 g/mol. The van der Waals surface area contributed by atoms with Crippen LogP contribution in [0.15, 0.2) is 10.2 Å². The summed E-state index contributed by atoms with van der Waals surface area (Å²) < 4.78 is 0. The highest BCUT2D eigenvalue weighted by Gasteiger charge is 2.29. The molecule has 9 heteroatoms. The normalized spacial score (nSPS) is 26.2. The minimum Gasteiger partial charge on any atom is -0.327 e. The lowest BCUT2D eigenvalue weighted by Gasteiger charge is -2.04. The topological polar surface area (TPSA) is 139 Å². The Hall–Kier alpha value is -2.11. The van der Waals surface area contributed by atoms with E-state index in [1.54, 1.807) is 0 Å². The molecule has 1 fully saturated rings. The number of hydrogen-bond acceptors (Lipinski definition) is 3. The number of carbonyl (C=O) groups excluding carboxylic acids is 1. The maximum absolute atomic E-state index is 10.6. The van der Waals surface area contributed by atoms with Crippen molar-refractivity contribution in [2.24, 2.45) is 10.2 Å². The predicted molar refractivity (Wildman–Crippen MR) is 37.5 cm³/mol. The second-order valence-corrected chi connectivity index (χ2v) is 1.92. The summed E-state index contributed by atoms with van der Waals surface area (Å²) in [7, 11) is 0. The summed E-state index contributed by atoms with van der Waals surface area (Å²) in [5.41, 5.74) is 16.1. The molecule has 62 valence electrons. The molecule has 0 aromatic carbocycles. The Morgan fingerprint density at radius 1 is 1.17 bits per heavy atom. The number of hydrogen-bond donors (Lipinski definition) is 2. The highest BCUT2D eigenvalue weighted by Crippen LogP contribution is 2.04. The van der Waals surface area contributed by atoms with Crippen LogP contribution >= 0.6 is 0 Å². The van der Waals surface area contributed by atoms with Crippen molar-refractivity contribution in [3.8, 4) is 0 Å². The van der Waals surface area contributed by atoms with E-state index in [1.807, 2.05) is 0 Å². The molecule has 0 saturated carbocycles. The Labute approximate surface area is 66.0 Å². The first-order valence-corrected chi connectivity index (χ1v) is 2.93. The fraction of sp³-hybridized carbons (Fsp3) is 0.667. The van der Waals surface area contributed by atoms with Crippen LogP contribution in [0.2, 0.25) is 0 Å². The number of amides is 2. The molecule has 0 aromatic rings. The molecule has 2 atom stereocenters. The molecule has 1 aliphatic rings. The summed E-state index contributed by atoms with van der Waals surface area (Å²) in [4.78, 5) is 15.6. The van der Waals surface area contributed by atoms with Crippen LogP contribution in [0.3, 0.4) is 0 Å². The molecular formula is C3H4N8O. The van der Waals surface area contributed by atoms with Crippen LogP contribution in [0.5, 0.6) is 0 Å². The summed E-state index contributed by atoms with van der Waals surface area (Å²) in [6.07, 6.45) is -1.70. The number of azide groups is 2. The van der Waals surface area contributed by atoms with Crippen molar-refractivity contribution in [2.75, 3.05) is 0 Å². The Morgan fingerprint density at radius 3 is 1.92 bits per heavy atom. The molecule has 0 bridgehead atoms. The van der Waals surface area contributed by atoms with E-state index >= 15 is 0 Å². The average Bonchev–Trinajstić information content (AvgIpc) is 2.33. The van der Waals surface area contributed by atoms with E-state index < -0.39 is 18.4 Å². The van der Waals surface area contributed by atoms with Crippen LogP contribution < -0.4 is 10.6 Å². The SMILES string of the molecule is [N-]=[N+]=NC1NC(=O)NC1N=[N+]=[N-]. The Kier molecular flexibility index (Phi) is 2.22. The van der Waals surface area contributed by atoms with Crippen LogP contribution in [0.4, 0.5) is 4.79 Å². The number of urea groups is 1. The van der Waals surface area contributed by atoms with Gasteiger partial charge in [-0.2, -0.15) is 0 Å². The minimum atomic E-state index is -0.849. The molecule has 1 aliphatic heterocycles. The van der Waals surface area contributed by atoms with Crippen LogP contribution in [-0.4, -0.2) is 18.4 Å². The van der Waals surface area contributed by atoms with Gasteiger partial charge in [0.1, 0.15) is 12.3 Å². The standard InChI is InChI=1S/C3H4N8O/c4-10-8-1-2(9-11-5)7-3(12)6-1/h1-2H,(H2,6,7,12). The minimum absolute atomic E-state index is 0.523. The predicted octanol–water partition coefficient (Wildman–Crippen LogP) is 0.572. The molecule has 0 aromatic heterocycles. The largest absolute Gasteiger partial charge is 0.327 e. The number of carbonyl (C=O) groups is 1. The molecule has 0 aliphatic carbocycles. The van der Waals surface area contributed by atoms with Crippen LogP contribution in [-0.2, 0) is 0 Å². The van der Waals surface area contributed by atoms with Crippen molar-refractivity contribution in [1.29, 1.82) is 0 Å². The monoisotopic (exact) mass is 168 g/mol. The second-order valence-electron chi connectivity index (χ2n) is 1.92. The van der Waals surface area contributed by atoms with E-state index in [9.17, 15) is 4.79 Å². The maximum atomic E-state index is 10.6. The number of nitrogens with zero attached hydrogens (tertiary/aromatic N) is 6. The Bertz CT molecular complexity index is 257. The molecule has 1 rings (SSSR count). The molecule has 0 spiro atoms. The van der Waals surface area contributed by atoms with Crippen LogP contribution in [0.1, 0.15) is 0 Å². The van der Waals surface area contributed by atoms with E-state index in [0.29, 0.717) is 0 Å². The van der Waals surface area contributed by atoms with Crippen molar-refractivity contribution in [3.05, 3.63) is 20.9 Å². The molecule has 1 heterocycles. The third kappa shape index (κ3) is 1.48. The zero-order chi connectivity index (χ0) is 8.97. The van der Waals surface area contributed by atoms with E-state index in [1.165, 1.54) is 0 Å². The number of nitrogens with one attached hydrogen (secondary N) is 2. The quantitative estimate of drug-likeness (QED) is 0.347. The molecule has 0 radical (unpaired) electrons. The fourth-order valence-electron chi connectivity index (χ4n) is 0.763. The lowest BCUT2D eigenvalue weighted by Crippen LogP contribution is -2.28. The van der Waals surface area contributed by atoms with Gasteiger partial charge in [0.25, 0.3) is 0 Å². The smallest absolute Gasteiger partial charge is 0.315 e. The molecule has 2 unspecified atom stereocenters. The fourth-order valence-corrected chi connectivity index (χ4v) is 0.763. The van der Waals surface area contributed by atoms with Gasteiger partial charge in [0, 0.05) is 9.82 Å². The van der Waals surface area contributed by atoms with Gasteiger partial charge < -0.3 is 10.6 Å². The van der Waals surface area contributed by atoms with Gasteiger partial charge in [-0.25, -0.2) is 4.79 Å². The highest BCUT2D eigenvalue weighted by atomic mass is 16.2. The zero-order valence-electron chi connectivity index (χ0n) is 5.75. The summed E-state index contributed by atoms with van der Waals surface area (Å²) in [6.45, 7) is 0. The van der Waals surface area contributed by atoms with Crippen molar-refractivity contribution in [1.82, 2.24) is 10.6 Å². The first-order valence-electron chi connectivity index (χ1n) is 2.93. The third-order valence-electron chi connectivity index (χ3n) is 1.21. The summed E-state index contributed by atoms with van der Waals surface area (Å²) >= 11 is 0. The highest BCUT2D eigenvalue weighted by molar-refractivity contribution is 5.77. The Morgan fingerprint density at radius 2 is 1.58 bits per heavy atom. The van der Waals surface area contributed by atoms with Gasteiger partial charge in [-0.1, -0.05) is 10.2 Å². The zero-order valence-corrected chi connectivity index (χ0v) is 5.75. The summed E-state index contributed by atoms with van der Waals surface area (Å²) in [5.74, 6) is 0. The van der Waals surface area contributed by atoms with Gasteiger partial charge in [0.05, 0.1) is 0 Å². The molecule has 2 N–H and O–H groups in total. The first kappa shape index (κ1) is 7.99. The van der Waals surface area contributed by atoms with Gasteiger partial charge in [0.2, 0.25) is 0 Å². The second kappa shape index (κ2) is 3.33. The number of rotatable bonds is 2. The average molecular weight is 168 g/mol. The van der Waals surface area contributed by atoms with Gasteiger partial charge in [0.15, 0.2) is 0 Å². The van der Waals surface area contributed by atoms with E-state index in [2.05, 4.69) is 30.7 Å². The maximum Gasteiger partial charge on any atom is 0.315 e. The van der Waals surface area contributed by atoms with Crippen molar-refractivity contribution in [3.63, 3.8) is 0 Å². The summed E-state index contributed by atoms with van der Waals surface area (Å²) in [6, 6.07) is -0.523. The lowest BCUT2D eigenvalue weighted by atomic mass is 10.4. The van der Waals surface area contributed by atoms with Gasteiger partial charge in [-0.15, -0.1) is 0 Å². The van der Waals surface area contributed by atoms with Crippen LogP contribution in [0.25, 0.3) is 20.9 Å². The van der Waals surface area contributed by atoms with Crippen molar-refractivity contribution < 1.29 is 4.79 Å². The lowest BCUT2D eigenvalue weighted by molar-refractivity contribution is 0.247. The summed E-state index contributed by atoms with van der Waals surface area (Å²) in [5, 5.41) is 10.9. The van der Waals surface area contributed by atoms with E-state index in [4.69, 9.17) is 11.1 Å². The first-order chi connectivity index (χ1) is 5.77. The van der Waals surface area contributed by atoms with Gasteiger partial charge in [-0.3, -0.25) is 0 Å². The Balaban J connectivity index is 2.77. The molecule has 12 heavy (non-hydrogen) atoms. The van der Waals surface area contributed by atoms with Crippen molar-refractivity contribution in [2.45, 2.75) is 12.3 Å². The van der Waals surface area contributed by atoms with E-state index in [-0.39, 0.29) is 0 Å². The molecule has 2 amide bonds. The molecule has 9 nitrogen and oxygen atoms in total.